The molecule has 0 radical (unpaired) electrons. The maximum atomic E-state index is 13.0. The molecule has 114 valence electrons. The first-order chi connectivity index (χ1) is 11.0. The quantitative estimate of drug-likeness (QED) is 0.780. The summed E-state index contributed by atoms with van der Waals surface area (Å²) in [6.07, 6.45) is 1.51. The Kier molecular flexibility index (Phi) is 3.85. The van der Waals surface area contributed by atoms with Gasteiger partial charge in [-0.1, -0.05) is 12.1 Å². The summed E-state index contributed by atoms with van der Waals surface area (Å²) in [6, 6.07) is 12.6. The number of hydrogen-bond acceptors (Lipinski definition) is 2. The molecule has 0 atom stereocenters. The van der Waals surface area contributed by atoms with E-state index in [2.05, 4.69) is 4.98 Å². The number of carboxylic acids is 1. The summed E-state index contributed by atoms with van der Waals surface area (Å²) in [4.78, 5) is 15.7. The number of hydrogen-bond donors (Lipinski definition) is 1. The van der Waals surface area contributed by atoms with E-state index >= 15 is 0 Å². The minimum atomic E-state index is -1.14. The van der Waals surface area contributed by atoms with Gasteiger partial charge in [0.05, 0.1) is 11.3 Å². The van der Waals surface area contributed by atoms with E-state index in [0.717, 1.165) is 0 Å². The predicted octanol–water partition coefficient (Wildman–Crippen LogP) is 4.39. The van der Waals surface area contributed by atoms with Gasteiger partial charge >= 0.3 is 5.97 Å². The number of rotatable bonds is 3. The molecule has 0 aliphatic carbocycles. The minimum Gasteiger partial charge on any atom is -0.478 e. The largest absolute Gasteiger partial charge is 0.478 e. The molecule has 2 aromatic carbocycles. The molecule has 23 heavy (non-hydrogen) atoms. The van der Waals surface area contributed by atoms with Crippen LogP contribution in [0.25, 0.3) is 22.4 Å². The van der Waals surface area contributed by atoms with E-state index in [-0.39, 0.29) is 17.1 Å². The normalized spacial score (nSPS) is 10.5. The SMILES string of the molecule is O=C(O)c1cc(-c2ccc(F)cc2)cnc1-c1ccc(F)cc1. The molecule has 1 N–H and O–H groups in total. The zero-order chi connectivity index (χ0) is 16.4. The van der Waals surface area contributed by atoms with Crippen LogP contribution < -0.4 is 0 Å². The van der Waals surface area contributed by atoms with Crippen LogP contribution in [0.4, 0.5) is 8.78 Å². The Morgan fingerprint density at radius 1 is 0.826 bits per heavy atom. The zero-order valence-electron chi connectivity index (χ0n) is 11.8. The summed E-state index contributed by atoms with van der Waals surface area (Å²) >= 11 is 0. The van der Waals surface area contributed by atoms with Crippen molar-refractivity contribution in [3.63, 3.8) is 0 Å². The van der Waals surface area contributed by atoms with Gasteiger partial charge in [0, 0.05) is 17.3 Å². The number of halogens is 2. The average molecular weight is 311 g/mol. The fraction of sp³-hybridized carbons (Fsp3) is 0. The lowest BCUT2D eigenvalue weighted by atomic mass is 10.0. The molecule has 3 rings (SSSR count). The van der Waals surface area contributed by atoms with Gasteiger partial charge in [-0.2, -0.15) is 0 Å². The van der Waals surface area contributed by atoms with Crippen LogP contribution in [0.3, 0.4) is 0 Å². The van der Waals surface area contributed by atoms with E-state index in [1.807, 2.05) is 0 Å². The lowest BCUT2D eigenvalue weighted by Crippen LogP contribution is -2.02. The summed E-state index contributed by atoms with van der Waals surface area (Å²) in [6.45, 7) is 0. The molecule has 1 aromatic heterocycles. The summed E-state index contributed by atoms with van der Waals surface area (Å²) in [5, 5.41) is 9.42. The van der Waals surface area contributed by atoms with Crippen LogP contribution in [0.2, 0.25) is 0 Å². The molecule has 1 heterocycles. The van der Waals surface area contributed by atoms with E-state index in [1.54, 1.807) is 12.1 Å². The van der Waals surface area contributed by atoms with Crippen LogP contribution in [0, 0.1) is 11.6 Å². The highest BCUT2D eigenvalue weighted by Gasteiger charge is 2.15. The van der Waals surface area contributed by atoms with Gasteiger partial charge in [0.15, 0.2) is 0 Å². The molecule has 0 unspecified atom stereocenters. The van der Waals surface area contributed by atoms with Crippen molar-refractivity contribution in [2.75, 3.05) is 0 Å². The van der Waals surface area contributed by atoms with Crippen LogP contribution >= 0.6 is 0 Å². The Hall–Kier alpha value is -3.08. The zero-order valence-corrected chi connectivity index (χ0v) is 11.8. The first kappa shape index (κ1) is 14.8. The van der Waals surface area contributed by atoms with Gasteiger partial charge in [0.25, 0.3) is 0 Å². The van der Waals surface area contributed by atoms with Crippen LogP contribution in [0.1, 0.15) is 10.4 Å². The second kappa shape index (κ2) is 5.96. The van der Waals surface area contributed by atoms with Gasteiger partial charge in [-0.15, -0.1) is 0 Å². The van der Waals surface area contributed by atoms with Crippen molar-refractivity contribution < 1.29 is 18.7 Å². The van der Waals surface area contributed by atoms with Crippen LogP contribution in [-0.4, -0.2) is 16.1 Å². The molecule has 3 aromatic rings. The Morgan fingerprint density at radius 2 is 1.35 bits per heavy atom. The smallest absolute Gasteiger partial charge is 0.337 e. The van der Waals surface area contributed by atoms with Crippen LogP contribution in [-0.2, 0) is 0 Å². The second-order valence-electron chi connectivity index (χ2n) is 4.94. The van der Waals surface area contributed by atoms with Crippen LogP contribution in [0.5, 0.6) is 0 Å². The molecular formula is C18H11F2NO2. The molecule has 0 saturated heterocycles. The summed E-state index contributed by atoms with van der Waals surface area (Å²) in [5.74, 6) is -1.92. The van der Waals surface area contributed by atoms with Crippen molar-refractivity contribution >= 4 is 5.97 Å². The first-order valence-electron chi connectivity index (χ1n) is 6.80. The van der Waals surface area contributed by atoms with Crippen LogP contribution in [0.15, 0.2) is 60.8 Å². The second-order valence-corrected chi connectivity index (χ2v) is 4.94. The summed E-state index contributed by atoms with van der Waals surface area (Å²) < 4.78 is 26.0. The highest BCUT2D eigenvalue weighted by Crippen LogP contribution is 2.27. The van der Waals surface area contributed by atoms with Crippen molar-refractivity contribution in [3.8, 4) is 22.4 Å². The third kappa shape index (κ3) is 3.08. The number of pyridine rings is 1. The van der Waals surface area contributed by atoms with Gasteiger partial charge in [0.1, 0.15) is 11.6 Å². The molecule has 0 spiro atoms. The lowest BCUT2D eigenvalue weighted by molar-refractivity contribution is 0.0697. The number of carbonyl (C=O) groups is 1. The molecular weight excluding hydrogens is 300 g/mol. The fourth-order valence-corrected chi connectivity index (χ4v) is 2.27. The van der Waals surface area contributed by atoms with Gasteiger partial charge in [-0.05, 0) is 48.0 Å². The maximum absolute atomic E-state index is 13.0. The monoisotopic (exact) mass is 311 g/mol. The van der Waals surface area contributed by atoms with Gasteiger partial charge in [0.2, 0.25) is 0 Å². The minimum absolute atomic E-state index is 0.00145. The maximum Gasteiger partial charge on any atom is 0.337 e. The van der Waals surface area contributed by atoms with Crippen molar-refractivity contribution in [3.05, 3.63) is 78.0 Å². The van der Waals surface area contributed by atoms with Gasteiger partial charge < -0.3 is 5.11 Å². The van der Waals surface area contributed by atoms with Crippen molar-refractivity contribution in [1.29, 1.82) is 0 Å². The molecule has 0 bridgehead atoms. The Labute approximate surface area is 130 Å². The van der Waals surface area contributed by atoms with Crippen molar-refractivity contribution in [1.82, 2.24) is 4.98 Å². The van der Waals surface area contributed by atoms with Crippen molar-refractivity contribution in [2.24, 2.45) is 0 Å². The lowest BCUT2D eigenvalue weighted by Gasteiger charge is -2.08. The Bertz CT molecular complexity index is 859. The number of aromatic carboxylic acids is 1. The number of carboxylic acid groups (broad SMARTS) is 1. The highest BCUT2D eigenvalue weighted by atomic mass is 19.1. The third-order valence-corrected chi connectivity index (χ3v) is 3.41. The van der Waals surface area contributed by atoms with E-state index in [0.29, 0.717) is 16.7 Å². The molecule has 3 nitrogen and oxygen atoms in total. The first-order valence-corrected chi connectivity index (χ1v) is 6.80. The Morgan fingerprint density at radius 3 is 1.87 bits per heavy atom. The van der Waals surface area contributed by atoms with Gasteiger partial charge in [-0.3, -0.25) is 4.98 Å². The average Bonchev–Trinajstić information content (AvgIpc) is 2.56. The number of nitrogens with zero attached hydrogens (tertiary/aromatic N) is 1. The van der Waals surface area contributed by atoms with E-state index in [4.69, 9.17) is 0 Å². The van der Waals surface area contributed by atoms with E-state index in [1.165, 1.54) is 48.7 Å². The molecule has 0 aliphatic rings. The Balaban J connectivity index is 2.10. The highest BCUT2D eigenvalue weighted by molar-refractivity contribution is 5.96. The van der Waals surface area contributed by atoms with Crippen molar-refractivity contribution in [2.45, 2.75) is 0 Å². The summed E-state index contributed by atoms with van der Waals surface area (Å²) in [7, 11) is 0. The fourth-order valence-electron chi connectivity index (χ4n) is 2.27. The topological polar surface area (TPSA) is 50.2 Å². The predicted molar refractivity (Wildman–Crippen MR) is 82.0 cm³/mol. The molecule has 5 heteroatoms. The standard InChI is InChI=1S/C18H11F2NO2/c19-14-5-1-11(2-6-14)13-9-16(18(22)23)17(21-10-13)12-3-7-15(20)8-4-12/h1-10H,(H,22,23). The molecule has 0 saturated carbocycles. The van der Waals surface area contributed by atoms with Gasteiger partial charge in [-0.25, -0.2) is 13.6 Å². The molecule has 0 amide bonds. The number of benzene rings is 2. The molecule has 0 aliphatic heterocycles. The van der Waals surface area contributed by atoms with E-state index in [9.17, 15) is 18.7 Å². The number of aromatic nitrogens is 1. The summed E-state index contributed by atoms with van der Waals surface area (Å²) in [5.41, 5.74) is 1.98. The third-order valence-electron chi connectivity index (χ3n) is 3.41. The van der Waals surface area contributed by atoms with E-state index < -0.39 is 11.8 Å². The molecule has 0 fully saturated rings.